The Morgan fingerprint density at radius 1 is 1.19 bits per heavy atom. The third-order valence-electron chi connectivity index (χ3n) is 8.24. The van der Waals surface area contributed by atoms with Crippen LogP contribution >= 0.6 is 0 Å². The van der Waals surface area contributed by atoms with Crippen molar-refractivity contribution in [3.63, 3.8) is 0 Å². The molecule has 7 nitrogen and oxygen atoms in total. The van der Waals surface area contributed by atoms with Crippen LogP contribution in [0.2, 0.25) is 0 Å². The zero-order chi connectivity index (χ0) is 22.6. The first-order valence-electron chi connectivity index (χ1n) is 12.0. The van der Waals surface area contributed by atoms with Gasteiger partial charge in [-0.05, 0) is 74.5 Å². The van der Waals surface area contributed by atoms with Gasteiger partial charge < -0.3 is 9.88 Å². The van der Waals surface area contributed by atoms with Gasteiger partial charge >= 0.3 is 0 Å². The number of aryl methyl sites for hydroxylation is 2. The molecule has 5 atom stereocenters. The molecule has 174 valence electrons. The Hall–Kier alpha value is -1.93. The van der Waals surface area contributed by atoms with Crippen LogP contribution in [0, 0.1) is 23.7 Å². The maximum Gasteiger partial charge on any atom is 0.242 e. The van der Waals surface area contributed by atoms with Gasteiger partial charge in [0.1, 0.15) is 5.82 Å². The fraction of sp³-hybridized carbons (Fsp3) is 0.667. The van der Waals surface area contributed by atoms with E-state index in [2.05, 4.69) is 9.88 Å². The number of hydrogen-bond acceptors (Lipinski definition) is 4. The number of amides is 1. The molecule has 2 bridgehead atoms. The van der Waals surface area contributed by atoms with Crippen molar-refractivity contribution in [1.29, 1.82) is 0 Å². The van der Waals surface area contributed by atoms with E-state index in [-0.39, 0.29) is 10.8 Å². The molecule has 3 saturated carbocycles. The number of carbonyl (C=O) groups excluding carboxylic acids is 1. The second-order valence-corrected chi connectivity index (χ2v) is 12.2. The van der Waals surface area contributed by atoms with Crippen molar-refractivity contribution in [2.75, 3.05) is 14.1 Å². The van der Waals surface area contributed by atoms with Gasteiger partial charge in [0.05, 0.1) is 15.9 Å². The number of benzene rings is 1. The minimum atomic E-state index is -3.51. The molecule has 1 heterocycles. The monoisotopic (exact) mass is 458 g/mol. The van der Waals surface area contributed by atoms with Crippen LogP contribution in [-0.4, -0.2) is 48.3 Å². The number of rotatable bonds is 7. The van der Waals surface area contributed by atoms with Crippen LogP contribution < -0.4 is 5.32 Å². The van der Waals surface area contributed by atoms with E-state index in [4.69, 9.17) is 4.98 Å². The molecule has 0 spiro atoms. The van der Waals surface area contributed by atoms with Crippen LogP contribution in [0.1, 0.15) is 51.3 Å². The predicted octanol–water partition coefficient (Wildman–Crippen LogP) is 3.18. The summed E-state index contributed by atoms with van der Waals surface area (Å²) in [7, 11) is -0.458. The smallest absolute Gasteiger partial charge is 0.242 e. The number of nitrogens with zero attached hydrogens (tertiary/aromatic N) is 3. The number of nitrogens with one attached hydrogen (secondary N) is 1. The van der Waals surface area contributed by atoms with Crippen molar-refractivity contribution < 1.29 is 13.2 Å². The molecular weight excluding hydrogens is 424 g/mol. The maximum absolute atomic E-state index is 12.8. The van der Waals surface area contributed by atoms with E-state index in [1.807, 2.05) is 13.0 Å². The van der Waals surface area contributed by atoms with Gasteiger partial charge in [0.25, 0.3) is 0 Å². The minimum absolute atomic E-state index is 0.114. The van der Waals surface area contributed by atoms with Crippen molar-refractivity contribution in [1.82, 2.24) is 19.2 Å². The summed E-state index contributed by atoms with van der Waals surface area (Å²) >= 11 is 0. The standard InChI is InChI=1S/C24H34N4O3S/c1-4-28-22-9-8-16(32(30,31)27(2)3)14-21(22)25-23(28)10-11-24(29)26-20-13-15-12-19(20)18-7-5-6-17(15)18/h8-9,14-15,17-20H,4-7,10-13H2,1-3H3,(H,26,29)/t15-,17-,18-,19+,20-/m1/s1. The molecule has 3 aliphatic rings. The van der Waals surface area contributed by atoms with E-state index in [0.29, 0.717) is 30.3 Å². The molecule has 2 aromatic rings. The topological polar surface area (TPSA) is 84.3 Å². The summed E-state index contributed by atoms with van der Waals surface area (Å²) in [5, 5.41) is 3.35. The number of aromatic nitrogens is 2. The highest BCUT2D eigenvalue weighted by Gasteiger charge is 2.53. The number of fused-ring (bicyclic) bond motifs is 6. The normalized spacial score (nSPS) is 29.2. The van der Waals surface area contributed by atoms with Crippen LogP contribution in [-0.2, 0) is 27.8 Å². The lowest BCUT2D eigenvalue weighted by molar-refractivity contribution is -0.122. The molecule has 1 aromatic carbocycles. The van der Waals surface area contributed by atoms with Crippen LogP contribution in [0.25, 0.3) is 11.0 Å². The van der Waals surface area contributed by atoms with Gasteiger partial charge in [0.15, 0.2) is 0 Å². The van der Waals surface area contributed by atoms with Gasteiger partial charge in [-0.25, -0.2) is 17.7 Å². The lowest BCUT2D eigenvalue weighted by Gasteiger charge is -2.32. The van der Waals surface area contributed by atoms with Gasteiger partial charge in [0.2, 0.25) is 15.9 Å². The molecular formula is C24H34N4O3S. The Morgan fingerprint density at radius 3 is 2.72 bits per heavy atom. The van der Waals surface area contributed by atoms with E-state index in [1.165, 1.54) is 44.1 Å². The maximum atomic E-state index is 12.8. The zero-order valence-electron chi connectivity index (χ0n) is 19.3. The summed E-state index contributed by atoms with van der Waals surface area (Å²) in [6.07, 6.45) is 7.55. The minimum Gasteiger partial charge on any atom is -0.353 e. The lowest BCUT2D eigenvalue weighted by atomic mass is 9.79. The number of hydrogen-bond donors (Lipinski definition) is 1. The first-order chi connectivity index (χ1) is 15.3. The molecule has 0 aliphatic heterocycles. The van der Waals surface area contributed by atoms with E-state index in [0.717, 1.165) is 42.1 Å². The highest BCUT2D eigenvalue weighted by atomic mass is 32.2. The quantitative estimate of drug-likeness (QED) is 0.691. The Kier molecular flexibility index (Phi) is 5.56. The highest BCUT2D eigenvalue weighted by molar-refractivity contribution is 7.89. The summed E-state index contributed by atoms with van der Waals surface area (Å²) in [5.41, 5.74) is 1.56. The SMILES string of the molecule is CCn1c(CCC(=O)N[C@@H]2C[C@H]3C[C@H]2[C@@H]2CCC[C@H]32)nc2cc(S(=O)(=O)N(C)C)ccc21. The lowest BCUT2D eigenvalue weighted by Crippen LogP contribution is -2.42. The van der Waals surface area contributed by atoms with Crippen LogP contribution in [0.5, 0.6) is 0 Å². The van der Waals surface area contributed by atoms with Gasteiger partial charge in [-0.1, -0.05) is 6.42 Å². The van der Waals surface area contributed by atoms with Crippen LogP contribution in [0.15, 0.2) is 23.1 Å². The first-order valence-corrected chi connectivity index (χ1v) is 13.4. The molecule has 1 N–H and O–H groups in total. The van der Waals surface area contributed by atoms with Gasteiger partial charge in [-0.3, -0.25) is 4.79 Å². The van der Waals surface area contributed by atoms with Gasteiger partial charge in [-0.15, -0.1) is 0 Å². The van der Waals surface area contributed by atoms with Crippen molar-refractivity contribution in [2.45, 2.75) is 69.4 Å². The number of imidazole rings is 1. The number of carbonyl (C=O) groups is 1. The average Bonchev–Trinajstić information content (AvgIpc) is 3.51. The van der Waals surface area contributed by atoms with Crippen LogP contribution in [0.4, 0.5) is 0 Å². The van der Waals surface area contributed by atoms with Crippen molar-refractivity contribution in [2.24, 2.45) is 23.7 Å². The van der Waals surface area contributed by atoms with E-state index in [1.54, 1.807) is 12.1 Å². The molecule has 3 aliphatic carbocycles. The molecule has 5 rings (SSSR count). The van der Waals surface area contributed by atoms with E-state index < -0.39 is 10.0 Å². The van der Waals surface area contributed by atoms with Gasteiger partial charge in [0, 0.05) is 39.5 Å². The number of sulfonamides is 1. The molecule has 0 radical (unpaired) electrons. The fourth-order valence-electron chi connectivity index (χ4n) is 6.81. The summed E-state index contributed by atoms with van der Waals surface area (Å²) < 4.78 is 28.2. The summed E-state index contributed by atoms with van der Waals surface area (Å²) in [6.45, 7) is 2.77. The zero-order valence-corrected chi connectivity index (χ0v) is 20.1. The molecule has 32 heavy (non-hydrogen) atoms. The van der Waals surface area contributed by atoms with Crippen molar-refractivity contribution in [3.05, 3.63) is 24.0 Å². The summed E-state index contributed by atoms with van der Waals surface area (Å²) in [4.78, 5) is 17.7. The van der Waals surface area contributed by atoms with Crippen molar-refractivity contribution in [3.8, 4) is 0 Å². The highest BCUT2D eigenvalue weighted by Crippen LogP contribution is 2.58. The van der Waals surface area contributed by atoms with Crippen LogP contribution in [0.3, 0.4) is 0 Å². The molecule has 3 fully saturated rings. The summed E-state index contributed by atoms with van der Waals surface area (Å²) in [6, 6.07) is 5.44. The average molecular weight is 459 g/mol. The Bertz CT molecular complexity index is 1140. The fourth-order valence-corrected chi connectivity index (χ4v) is 7.74. The van der Waals surface area contributed by atoms with E-state index >= 15 is 0 Å². The summed E-state index contributed by atoms with van der Waals surface area (Å²) in [5.74, 6) is 4.24. The molecule has 0 saturated heterocycles. The van der Waals surface area contributed by atoms with Crippen molar-refractivity contribution >= 4 is 27.0 Å². The predicted molar refractivity (Wildman–Crippen MR) is 124 cm³/mol. The third-order valence-corrected chi connectivity index (χ3v) is 10.1. The Labute approximate surface area is 190 Å². The Balaban J connectivity index is 1.27. The Morgan fingerprint density at radius 2 is 1.97 bits per heavy atom. The first kappa shape index (κ1) is 21.9. The molecule has 0 unspecified atom stereocenters. The molecule has 1 aromatic heterocycles. The second-order valence-electron chi connectivity index (χ2n) is 10.0. The van der Waals surface area contributed by atoms with E-state index in [9.17, 15) is 13.2 Å². The largest absolute Gasteiger partial charge is 0.353 e. The molecule has 1 amide bonds. The molecule has 8 heteroatoms. The van der Waals surface area contributed by atoms with Gasteiger partial charge in [-0.2, -0.15) is 0 Å². The third kappa shape index (κ3) is 3.55. The second kappa shape index (κ2) is 8.13.